The molecule has 0 atom stereocenters. The van der Waals surface area contributed by atoms with Crippen molar-refractivity contribution < 1.29 is 0 Å². The fourth-order valence-corrected chi connectivity index (χ4v) is 0.875. The molecule has 1 aromatic heterocycles. The van der Waals surface area contributed by atoms with Crippen molar-refractivity contribution in [3.63, 3.8) is 0 Å². The molecule has 0 saturated heterocycles. The number of aryl methyl sites for hydroxylation is 1. The summed E-state index contributed by atoms with van der Waals surface area (Å²) in [6.45, 7) is 3.78. The van der Waals surface area contributed by atoms with Gasteiger partial charge in [-0.05, 0) is 24.5 Å². The number of pyridine rings is 1. The molecule has 0 spiro atoms. The summed E-state index contributed by atoms with van der Waals surface area (Å²) in [6.07, 6.45) is 6.99. The smallest absolute Gasteiger partial charge is 0.0299 e. The lowest BCUT2D eigenvalue weighted by molar-refractivity contribution is 0.836. The van der Waals surface area contributed by atoms with E-state index in [2.05, 4.69) is 18.0 Å². The molecule has 0 amide bonds. The summed E-state index contributed by atoms with van der Waals surface area (Å²) in [4.78, 5) is 4.02. The van der Waals surface area contributed by atoms with Gasteiger partial charge in [-0.2, -0.15) is 0 Å². The van der Waals surface area contributed by atoms with E-state index in [-0.39, 0.29) is 0 Å². The minimum atomic E-state index is 1.01. The van der Waals surface area contributed by atoms with Gasteiger partial charge in [-0.15, -0.1) is 0 Å². The van der Waals surface area contributed by atoms with Crippen LogP contribution in [0.25, 0.3) is 0 Å². The Balaban J connectivity index is 2.43. The predicted octanol–water partition coefficient (Wildman–Crippen LogP) is 2.24. The molecular formula is C9H12N. The van der Waals surface area contributed by atoms with Gasteiger partial charge in [0.05, 0.1) is 0 Å². The molecule has 1 aromatic rings. The molecule has 0 N–H and O–H groups in total. The Labute approximate surface area is 62.1 Å². The number of hydrogen-bond donors (Lipinski definition) is 0. The zero-order valence-electron chi connectivity index (χ0n) is 6.09. The van der Waals surface area contributed by atoms with Crippen molar-refractivity contribution in [1.82, 2.24) is 4.98 Å². The number of hydrogen-bond acceptors (Lipinski definition) is 1. The summed E-state index contributed by atoms with van der Waals surface area (Å²) in [5, 5.41) is 0. The molecule has 0 aliphatic heterocycles. The van der Waals surface area contributed by atoms with Crippen molar-refractivity contribution >= 4 is 0 Å². The van der Waals surface area contributed by atoms with Gasteiger partial charge in [-0.3, -0.25) is 4.98 Å². The number of rotatable bonds is 3. The normalized spacial score (nSPS) is 9.70. The van der Waals surface area contributed by atoms with E-state index in [1.807, 2.05) is 12.3 Å². The molecule has 53 valence electrons. The number of nitrogens with zero attached hydrogens (tertiary/aromatic N) is 1. The summed E-state index contributed by atoms with van der Waals surface area (Å²) in [7, 11) is 0. The second kappa shape index (κ2) is 4.04. The SMILES string of the molecule is [CH2]CCCc1cccnc1. The molecular weight excluding hydrogens is 122 g/mol. The molecule has 1 nitrogen and oxygen atoms in total. The summed E-state index contributed by atoms with van der Waals surface area (Å²) >= 11 is 0. The molecule has 1 heterocycles. The van der Waals surface area contributed by atoms with Crippen LogP contribution < -0.4 is 0 Å². The Hall–Kier alpha value is -0.850. The largest absolute Gasteiger partial charge is 0.264 e. The van der Waals surface area contributed by atoms with Crippen molar-refractivity contribution in [2.45, 2.75) is 19.3 Å². The second-order valence-corrected chi connectivity index (χ2v) is 2.32. The van der Waals surface area contributed by atoms with Gasteiger partial charge in [-0.25, -0.2) is 0 Å². The summed E-state index contributed by atoms with van der Waals surface area (Å²) in [5.41, 5.74) is 1.31. The topological polar surface area (TPSA) is 12.9 Å². The molecule has 1 radical (unpaired) electrons. The van der Waals surface area contributed by atoms with Crippen molar-refractivity contribution in [1.29, 1.82) is 0 Å². The Morgan fingerprint density at radius 2 is 2.40 bits per heavy atom. The minimum Gasteiger partial charge on any atom is -0.264 e. The van der Waals surface area contributed by atoms with E-state index in [9.17, 15) is 0 Å². The number of unbranched alkanes of at least 4 members (excludes halogenated alkanes) is 1. The van der Waals surface area contributed by atoms with Crippen LogP contribution in [0.4, 0.5) is 0 Å². The third kappa shape index (κ3) is 2.18. The average molecular weight is 134 g/mol. The van der Waals surface area contributed by atoms with E-state index in [4.69, 9.17) is 0 Å². The van der Waals surface area contributed by atoms with E-state index in [0.717, 1.165) is 19.3 Å². The van der Waals surface area contributed by atoms with Gasteiger partial charge < -0.3 is 0 Å². The first kappa shape index (κ1) is 7.26. The maximum absolute atomic E-state index is 4.02. The lowest BCUT2D eigenvalue weighted by Crippen LogP contribution is -1.83. The molecule has 1 heteroatoms. The van der Waals surface area contributed by atoms with Crippen LogP contribution in [0.15, 0.2) is 24.5 Å². The molecule has 0 fully saturated rings. The molecule has 0 aliphatic rings. The number of aromatic nitrogens is 1. The van der Waals surface area contributed by atoms with Crippen LogP contribution in [0.1, 0.15) is 18.4 Å². The van der Waals surface area contributed by atoms with Crippen molar-refractivity contribution in [2.75, 3.05) is 0 Å². The molecule has 1 rings (SSSR count). The first-order valence-electron chi connectivity index (χ1n) is 3.61. The van der Waals surface area contributed by atoms with Gasteiger partial charge in [0, 0.05) is 12.4 Å². The molecule has 0 aromatic carbocycles. The third-order valence-electron chi connectivity index (χ3n) is 1.44. The average Bonchev–Trinajstić information content (AvgIpc) is 2.03. The van der Waals surface area contributed by atoms with Crippen molar-refractivity contribution in [2.24, 2.45) is 0 Å². The fraction of sp³-hybridized carbons (Fsp3) is 0.333. The van der Waals surface area contributed by atoms with Crippen LogP contribution in [-0.2, 0) is 6.42 Å². The zero-order valence-corrected chi connectivity index (χ0v) is 6.09. The predicted molar refractivity (Wildman–Crippen MR) is 42.5 cm³/mol. The monoisotopic (exact) mass is 134 g/mol. The van der Waals surface area contributed by atoms with Crippen LogP contribution in [0, 0.1) is 6.92 Å². The van der Waals surface area contributed by atoms with Crippen molar-refractivity contribution in [3.05, 3.63) is 37.0 Å². The third-order valence-corrected chi connectivity index (χ3v) is 1.44. The van der Waals surface area contributed by atoms with Crippen LogP contribution in [0.2, 0.25) is 0 Å². The van der Waals surface area contributed by atoms with E-state index < -0.39 is 0 Å². The minimum absolute atomic E-state index is 1.01. The fourth-order valence-electron chi connectivity index (χ4n) is 0.875. The molecule has 10 heavy (non-hydrogen) atoms. The highest BCUT2D eigenvalue weighted by molar-refractivity contribution is 5.08. The van der Waals surface area contributed by atoms with Gasteiger partial charge >= 0.3 is 0 Å². The van der Waals surface area contributed by atoms with Crippen molar-refractivity contribution in [3.8, 4) is 0 Å². The maximum atomic E-state index is 4.02. The summed E-state index contributed by atoms with van der Waals surface area (Å²) in [6, 6.07) is 4.07. The first-order chi connectivity index (χ1) is 4.93. The van der Waals surface area contributed by atoms with Gasteiger partial charge in [0.1, 0.15) is 0 Å². The highest BCUT2D eigenvalue weighted by atomic mass is 14.6. The highest BCUT2D eigenvalue weighted by Gasteiger charge is 1.88. The maximum Gasteiger partial charge on any atom is 0.0299 e. The summed E-state index contributed by atoms with van der Waals surface area (Å²) in [5.74, 6) is 0. The van der Waals surface area contributed by atoms with Gasteiger partial charge in [-0.1, -0.05) is 19.4 Å². The molecule has 0 saturated carbocycles. The Morgan fingerprint density at radius 3 is 3.00 bits per heavy atom. The van der Waals surface area contributed by atoms with Crippen LogP contribution in [-0.4, -0.2) is 4.98 Å². The summed E-state index contributed by atoms with van der Waals surface area (Å²) < 4.78 is 0. The molecule has 0 bridgehead atoms. The zero-order chi connectivity index (χ0) is 7.23. The van der Waals surface area contributed by atoms with E-state index in [0.29, 0.717) is 0 Å². The standard InChI is InChI=1S/C9H12N/c1-2-3-5-9-6-4-7-10-8-9/h4,6-8H,1-3,5H2. The quantitative estimate of drug-likeness (QED) is 0.617. The Morgan fingerprint density at radius 1 is 1.50 bits per heavy atom. The van der Waals surface area contributed by atoms with Crippen LogP contribution in [0.3, 0.4) is 0 Å². The van der Waals surface area contributed by atoms with E-state index >= 15 is 0 Å². The van der Waals surface area contributed by atoms with Gasteiger partial charge in [0.15, 0.2) is 0 Å². The Bertz CT molecular complexity index is 169. The lowest BCUT2D eigenvalue weighted by atomic mass is 10.1. The first-order valence-corrected chi connectivity index (χ1v) is 3.61. The molecule has 0 unspecified atom stereocenters. The van der Waals surface area contributed by atoms with E-state index in [1.54, 1.807) is 6.20 Å². The second-order valence-electron chi connectivity index (χ2n) is 2.32. The van der Waals surface area contributed by atoms with Gasteiger partial charge in [0.25, 0.3) is 0 Å². The molecule has 0 aliphatic carbocycles. The van der Waals surface area contributed by atoms with E-state index in [1.165, 1.54) is 5.56 Å². The van der Waals surface area contributed by atoms with Crippen LogP contribution in [0.5, 0.6) is 0 Å². The van der Waals surface area contributed by atoms with Gasteiger partial charge in [0.2, 0.25) is 0 Å². The Kier molecular flexibility index (Phi) is 2.94. The highest BCUT2D eigenvalue weighted by Crippen LogP contribution is 2.01. The lowest BCUT2D eigenvalue weighted by Gasteiger charge is -1.95. The van der Waals surface area contributed by atoms with Crippen LogP contribution >= 0.6 is 0 Å².